The molecule has 34 heavy (non-hydrogen) atoms. The summed E-state index contributed by atoms with van der Waals surface area (Å²) in [6.07, 6.45) is 3.45. The zero-order chi connectivity index (χ0) is 23.8. The van der Waals surface area contributed by atoms with Crippen LogP contribution in [0.5, 0.6) is 0 Å². The fraction of sp³-hybridized carbons (Fsp3) is 0.458. The Morgan fingerprint density at radius 3 is 2.29 bits per heavy atom. The van der Waals surface area contributed by atoms with Gasteiger partial charge < -0.3 is 14.4 Å². The standard InChI is InChI=1S/C24H28N6O4/c1-2-26-16-25-21-20(26)23(33)30(24(34)29(21)14-17-6-4-3-5-7-17)15-19(31)27-10-12-28(13-11-27)22(32)18-8-9-18/h3-7,16,18H,2,8-15H2,1H3. The van der Waals surface area contributed by atoms with Gasteiger partial charge in [0.05, 0.1) is 12.9 Å². The zero-order valence-electron chi connectivity index (χ0n) is 19.2. The second-order valence-corrected chi connectivity index (χ2v) is 8.93. The van der Waals surface area contributed by atoms with Crippen molar-refractivity contribution in [3.63, 3.8) is 0 Å². The molecule has 1 aliphatic carbocycles. The number of hydrogen-bond acceptors (Lipinski definition) is 5. The molecule has 1 saturated carbocycles. The average molecular weight is 465 g/mol. The van der Waals surface area contributed by atoms with Crippen LogP contribution in [0, 0.1) is 5.92 Å². The zero-order valence-corrected chi connectivity index (χ0v) is 19.2. The monoisotopic (exact) mass is 464 g/mol. The number of fused-ring (bicyclic) bond motifs is 1. The van der Waals surface area contributed by atoms with E-state index in [2.05, 4.69) is 4.98 Å². The molecule has 2 aliphatic rings. The van der Waals surface area contributed by atoms with E-state index in [0.29, 0.717) is 43.9 Å². The Labute approximate surface area is 196 Å². The molecule has 0 atom stereocenters. The summed E-state index contributed by atoms with van der Waals surface area (Å²) in [4.78, 5) is 59.9. The SMILES string of the molecule is CCn1cnc2c1c(=O)n(CC(=O)N1CCN(C(=O)C3CC3)CC1)c(=O)n2Cc1ccccc1. The quantitative estimate of drug-likeness (QED) is 0.529. The van der Waals surface area contributed by atoms with E-state index < -0.39 is 11.2 Å². The Hall–Kier alpha value is -3.69. The molecule has 2 aromatic heterocycles. The maximum absolute atomic E-state index is 13.4. The van der Waals surface area contributed by atoms with Gasteiger partial charge in [-0.2, -0.15) is 0 Å². The maximum Gasteiger partial charge on any atom is 0.333 e. The first-order valence-corrected chi connectivity index (χ1v) is 11.8. The highest BCUT2D eigenvalue weighted by Gasteiger charge is 2.35. The lowest BCUT2D eigenvalue weighted by Gasteiger charge is -2.35. The molecular weight excluding hydrogens is 436 g/mol. The number of rotatable bonds is 6. The molecule has 2 amide bonds. The Kier molecular flexibility index (Phi) is 5.80. The van der Waals surface area contributed by atoms with Crippen LogP contribution in [0.15, 0.2) is 46.2 Å². The molecule has 1 saturated heterocycles. The van der Waals surface area contributed by atoms with E-state index in [1.54, 1.807) is 15.8 Å². The number of nitrogens with zero attached hydrogens (tertiary/aromatic N) is 6. The molecular formula is C24H28N6O4. The van der Waals surface area contributed by atoms with Gasteiger partial charge in [-0.25, -0.2) is 14.3 Å². The molecule has 3 aromatic rings. The topological polar surface area (TPSA) is 102 Å². The molecule has 1 aliphatic heterocycles. The van der Waals surface area contributed by atoms with Gasteiger partial charge in [0.15, 0.2) is 11.2 Å². The van der Waals surface area contributed by atoms with Crippen LogP contribution in [0.4, 0.5) is 0 Å². The summed E-state index contributed by atoms with van der Waals surface area (Å²) < 4.78 is 4.17. The summed E-state index contributed by atoms with van der Waals surface area (Å²) in [5, 5.41) is 0. The molecule has 5 rings (SSSR count). The molecule has 0 radical (unpaired) electrons. The van der Waals surface area contributed by atoms with Crippen molar-refractivity contribution >= 4 is 23.0 Å². The van der Waals surface area contributed by atoms with Crippen LogP contribution in [0.25, 0.3) is 11.2 Å². The van der Waals surface area contributed by atoms with Crippen molar-refractivity contribution in [2.45, 2.75) is 39.4 Å². The third-order valence-electron chi connectivity index (χ3n) is 6.67. The van der Waals surface area contributed by atoms with Gasteiger partial charge in [-0.15, -0.1) is 0 Å². The first-order valence-electron chi connectivity index (χ1n) is 11.8. The molecule has 0 bridgehead atoms. The number of carbonyl (C=O) groups is 2. The second kappa shape index (κ2) is 8.92. The molecule has 0 spiro atoms. The molecule has 2 fully saturated rings. The van der Waals surface area contributed by atoms with E-state index in [1.165, 1.54) is 4.57 Å². The summed E-state index contributed by atoms with van der Waals surface area (Å²) in [5.41, 5.74) is 0.449. The number of aryl methyl sites for hydroxylation is 1. The minimum Gasteiger partial charge on any atom is -0.339 e. The van der Waals surface area contributed by atoms with E-state index >= 15 is 0 Å². The van der Waals surface area contributed by atoms with Crippen molar-refractivity contribution in [3.8, 4) is 0 Å². The van der Waals surface area contributed by atoms with Gasteiger partial charge in [-0.3, -0.25) is 19.0 Å². The van der Waals surface area contributed by atoms with Gasteiger partial charge >= 0.3 is 5.69 Å². The van der Waals surface area contributed by atoms with Gasteiger partial charge in [0.1, 0.15) is 6.54 Å². The van der Waals surface area contributed by atoms with Crippen LogP contribution in [-0.4, -0.2) is 66.5 Å². The number of aromatic nitrogens is 4. The summed E-state index contributed by atoms with van der Waals surface area (Å²) in [5.74, 6) is 0.0235. The fourth-order valence-corrected chi connectivity index (χ4v) is 4.53. The minimum absolute atomic E-state index is 0.152. The highest BCUT2D eigenvalue weighted by Crippen LogP contribution is 2.31. The highest BCUT2D eigenvalue weighted by atomic mass is 16.2. The fourth-order valence-electron chi connectivity index (χ4n) is 4.53. The highest BCUT2D eigenvalue weighted by molar-refractivity contribution is 5.82. The molecule has 0 N–H and O–H groups in total. The average Bonchev–Trinajstić information content (AvgIpc) is 3.63. The Morgan fingerprint density at radius 1 is 0.971 bits per heavy atom. The number of amides is 2. The van der Waals surface area contributed by atoms with Crippen molar-refractivity contribution in [2.24, 2.45) is 5.92 Å². The Bertz CT molecular complexity index is 1340. The minimum atomic E-state index is -0.557. The lowest BCUT2D eigenvalue weighted by Crippen LogP contribution is -2.53. The van der Waals surface area contributed by atoms with Gasteiger partial charge in [0.25, 0.3) is 5.56 Å². The number of piperazine rings is 1. The van der Waals surface area contributed by atoms with Crippen LogP contribution < -0.4 is 11.2 Å². The molecule has 10 heteroatoms. The third-order valence-corrected chi connectivity index (χ3v) is 6.67. The van der Waals surface area contributed by atoms with Gasteiger partial charge in [0, 0.05) is 38.6 Å². The second-order valence-electron chi connectivity index (χ2n) is 8.93. The maximum atomic E-state index is 13.4. The van der Waals surface area contributed by atoms with Crippen LogP contribution in [0.3, 0.4) is 0 Å². The Balaban J connectivity index is 1.43. The molecule has 1 aromatic carbocycles. The van der Waals surface area contributed by atoms with E-state index in [9.17, 15) is 19.2 Å². The molecule has 10 nitrogen and oxygen atoms in total. The number of benzene rings is 1. The van der Waals surface area contributed by atoms with E-state index in [1.807, 2.05) is 42.2 Å². The summed E-state index contributed by atoms with van der Waals surface area (Å²) in [6.45, 7) is 4.08. The Morgan fingerprint density at radius 2 is 1.65 bits per heavy atom. The molecule has 178 valence electrons. The predicted octanol–water partition coefficient (Wildman–Crippen LogP) is 0.509. The molecule has 0 unspecified atom stereocenters. The van der Waals surface area contributed by atoms with Crippen LogP contribution in [0.2, 0.25) is 0 Å². The summed E-state index contributed by atoms with van der Waals surface area (Å²) in [6, 6.07) is 9.46. The lowest BCUT2D eigenvalue weighted by atomic mass is 10.2. The van der Waals surface area contributed by atoms with Crippen LogP contribution in [-0.2, 0) is 29.2 Å². The van der Waals surface area contributed by atoms with Gasteiger partial charge in [-0.1, -0.05) is 30.3 Å². The van der Waals surface area contributed by atoms with Crippen LogP contribution in [0.1, 0.15) is 25.3 Å². The lowest BCUT2D eigenvalue weighted by molar-refractivity contribution is -0.140. The number of hydrogen-bond donors (Lipinski definition) is 0. The van der Waals surface area contributed by atoms with Crippen molar-refractivity contribution in [3.05, 3.63) is 63.1 Å². The normalized spacial score (nSPS) is 16.3. The first kappa shape index (κ1) is 22.1. The van der Waals surface area contributed by atoms with E-state index in [-0.39, 0.29) is 30.8 Å². The van der Waals surface area contributed by atoms with Crippen LogP contribution >= 0.6 is 0 Å². The smallest absolute Gasteiger partial charge is 0.333 e. The number of imidazole rings is 1. The first-order chi connectivity index (χ1) is 16.5. The molecule has 3 heterocycles. The third kappa shape index (κ3) is 4.04. The van der Waals surface area contributed by atoms with Gasteiger partial charge in [0.2, 0.25) is 11.8 Å². The largest absolute Gasteiger partial charge is 0.339 e. The van der Waals surface area contributed by atoms with Crippen molar-refractivity contribution in [1.29, 1.82) is 0 Å². The van der Waals surface area contributed by atoms with Gasteiger partial charge in [-0.05, 0) is 25.3 Å². The predicted molar refractivity (Wildman–Crippen MR) is 125 cm³/mol. The summed E-state index contributed by atoms with van der Waals surface area (Å²) in [7, 11) is 0. The van der Waals surface area contributed by atoms with E-state index in [0.717, 1.165) is 23.0 Å². The van der Waals surface area contributed by atoms with Crippen molar-refractivity contribution in [1.82, 2.24) is 28.5 Å². The van der Waals surface area contributed by atoms with Crippen molar-refractivity contribution in [2.75, 3.05) is 26.2 Å². The number of carbonyl (C=O) groups excluding carboxylic acids is 2. The van der Waals surface area contributed by atoms with Crippen molar-refractivity contribution < 1.29 is 9.59 Å². The van der Waals surface area contributed by atoms with E-state index in [4.69, 9.17) is 0 Å². The summed E-state index contributed by atoms with van der Waals surface area (Å²) >= 11 is 0.